The molecule has 0 bridgehead atoms. The third-order valence-corrected chi connectivity index (χ3v) is 8.94. The number of aromatic nitrogens is 2. The normalized spacial score (nSPS) is 12.9. The van der Waals surface area contributed by atoms with Crippen LogP contribution in [0.1, 0.15) is 33.4 Å². The van der Waals surface area contributed by atoms with Crippen LogP contribution in [0.3, 0.4) is 0 Å². The molecule has 2 unspecified atom stereocenters. The van der Waals surface area contributed by atoms with Gasteiger partial charge in [0.05, 0.1) is 16.5 Å². The second-order valence-corrected chi connectivity index (χ2v) is 11.5. The van der Waals surface area contributed by atoms with E-state index in [0.717, 1.165) is 14.8 Å². The Morgan fingerprint density at radius 2 is 1.41 bits per heavy atom. The highest BCUT2D eigenvalue weighted by Gasteiger charge is 2.40. The summed E-state index contributed by atoms with van der Waals surface area (Å²) in [7, 11) is 1.97. The fraction of sp³-hybridized carbons (Fsp3) is 0.207. The number of nitriles is 1. The lowest BCUT2D eigenvalue weighted by atomic mass is 9.85. The summed E-state index contributed by atoms with van der Waals surface area (Å²) >= 11 is 0. The van der Waals surface area contributed by atoms with E-state index in [4.69, 9.17) is 0 Å². The molecule has 9 nitrogen and oxygen atoms in total. The van der Waals surface area contributed by atoms with E-state index in [1.807, 2.05) is 25.1 Å². The summed E-state index contributed by atoms with van der Waals surface area (Å²) in [6, 6.07) is 22.7. The fourth-order valence-corrected chi connectivity index (χ4v) is 6.64. The smallest absolute Gasteiger partial charge is 0.329 e. The summed E-state index contributed by atoms with van der Waals surface area (Å²) < 4.78 is 30.3. The summed E-state index contributed by atoms with van der Waals surface area (Å²) in [5, 5.41) is 21.4. The van der Waals surface area contributed by atoms with Gasteiger partial charge in [-0.05, 0) is 53.4 Å². The summed E-state index contributed by atoms with van der Waals surface area (Å²) in [6.45, 7) is 0. The standard InChI is InChI=1S/C29H28N4O5S/c1-31(2)22-16-14-20(15-17-22)24(25-27(34)32(3)29(36)33(4)28(25)35)26(21-12-10-19(18-30)11-13-21)39(37,38)23-8-6-5-7-9-23/h5-17,24,26,34H,1-4H3/p-1. The Balaban J connectivity index is 2.14. The lowest BCUT2D eigenvalue weighted by Gasteiger charge is -2.32. The van der Waals surface area contributed by atoms with Crippen molar-refractivity contribution >= 4 is 15.5 Å². The van der Waals surface area contributed by atoms with E-state index in [9.17, 15) is 28.4 Å². The number of benzene rings is 3. The summed E-state index contributed by atoms with van der Waals surface area (Å²) in [5.41, 5.74) is -0.177. The SMILES string of the molecule is CN(C)c1ccc(C(c2c([O-])n(C)c(=O)n(C)c2=O)C(c2ccc(C#N)cc2)S(=O)(=O)c2ccccc2)cc1. The molecule has 0 saturated heterocycles. The van der Waals surface area contributed by atoms with Crippen LogP contribution >= 0.6 is 0 Å². The summed E-state index contributed by atoms with van der Waals surface area (Å²) in [6.07, 6.45) is 0. The van der Waals surface area contributed by atoms with Crippen molar-refractivity contribution in [3.8, 4) is 11.9 Å². The lowest BCUT2D eigenvalue weighted by molar-refractivity contribution is -0.281. The predicted octanol–water partition coefficient (Wildman–Crippen LogP) is 2.44. The first-order chi connectivity index (χ1) is 18.5. The van der Waals surface area contributed by atoms with Gasteiger partial charge in [0.15, 0.2) is 9.84 Å². The molecule has 4 aromatic rings. The fourth-order valence-electron chi connectivity index (χ4n) is 4.65. The first kappa shape index (κ1) is 27.4. The molecule has 0 aliphatic rings. The van der Waals surface area contributed by atoms with E-state index in [1.54, 1.807) is 42.5 Å². The van der Waals surface area contributed by atoms with Crippen molar-refractivity contribution in [2.24, 2.45) is 14.1 Å². The van der Waals surface area contributed by atoms with Crippen molar-refractivity contribution in [2.45, 2.75) is 16.1 Å². The van der Waals surface area contributed by atoms with E-state index in [2.05, 4.69) is 0 Å². The van der Waals surface area contributed by atoms with Crippen LogP contribution in [-0.4, -0.2) is 31.6 Å². The van der Waals surface area contributed by atoms with E-state index in [1.165, 1.54) is 50.5 Å². The van der Waals surface area contributed by atoms with Gasteiger partial charge in [-0.2, -0.15) is 5.26 Å². The molecular formula is C29H27N4O5S-. The molecule has 10 heteroatoms. The van der Waals surface area contributed by atoms with Gasteiger partial charge in [0, 0.05) is 45.4 Å². The summed E-state index contributed by atoms with van der Waals surface area (Å²) in [5.74, 6) is -2.15. The Bertz CT molecular complexity index is 1770. The van der Waals surface area contributed by atoms with Gasteiger partial charge in [0.25, 0.3) is 5.56 Å². The van der Waals surface area contributed by atoms with Gasteiger partial charge in [-0.15, -0.1) is 0 Å². The van der Waals surface area contributed by atoms with Crippen molar-refractivity contribution in [1.82, 2.24) is 9.13 Å². The average molecular weight is 544 g/mol. The Morgan fingerprint density at radius 1 is 0.846 bits per heavy atom. The number of nitrogens with zero attached hydrogens (tertiary/aromatic N) is 4. The topological polar surface area (TPSA) is 128 Å². The largest absolute Gasteiger partial charge is 0.860 e. The highest BCUT2D eigenvalue weighted by molar-refractivity contribution is 7.91. The van der Waals surface area contributed by atoms with Gasteiger partial charge in [-0.1, -0.05) is 42.5 Å². The zero-order valence-electron chi connectivity index (χ0n) is 21.9. The first-order valence-electron chi connectivity index (χ1n) is 12.0. The number of hydrogen-bond acceptors (Lipinski definition) is 7. The highest BCUT2D eigenvalue weighted by Crippen LogP contribution is 2.45. The molecule has 0 N–H and O–H groups in total. The van der Waals surface area contributed by atoms with Gasteiger partial charge < -0.3 is 14.6 Å². The van der Waals surface area contributed by atoms with E-state index in [0.29, 0.717) is 11.1 Å². The van der Waals surface area contributed by atoms with E-state index >= 15 is 0 Å². The molecule has 0 aliphatic heterocycles. The first-order valence-corrected chi connectivity index (χ1v) is 13.6. The molecule has 4 rings (SSSR count). The quantitative estimate of drug-likeness (QED) is 0.350. The summed E-state index contributed by atoms with van der Waals surface area (Å²) in [4.78, 5) is 28.0. The molecule has 0 radical (unpaired) electrons. The zero-order valence-corrected chi connectivity index (χ0v) is 22.7. The Labute approximate surface area is 226 Å². The van der Waals surface area contributed by atoms with Crippen LogP contribution in [-0.2, 0) is 23.9 Å². The van der Waals surface area contributed by atoms with Crippen LogP contribution in [0.15, 0.2) is 93.3 Å². The van der Waals surface area contributed by atoms with Crippen molar-refractivity contribution in [1.29, 1.82) is 5.26 Å². The molecule has 1 heterocycles. The number of rotatable bonds is 7. The molecule has 0 amide bonds. The maximum absolute atomic E-state index is 14.4. The van der Waals surface area contributed by atoms with Crippen LogP contribution in [0.4, 0.5) is 5.69 Å². The molecule has 0 saturated carbocycles. The van der Waals surface area contributed by atoms with Gasteiger partial charge in [-0.25, -0.2) is 13.2 Å². The Hall–Kier alpha value is -4.62. The molecule has 0 aliphatic carbocycles. The lowest BCUT2D eigenvalue weighted by Crippen LogP contribution is -2.42. The van der Waals surface area contributed by atoms with E-state index in [-0.39, 0.29) is 16.0 Å². The van der Waals surface area contributed by atoms with Gasteiger partial charge >= 0.3 is 5.69 Å². The van der Waals surface area contributed by atoms with Crippen LogP contribution < -0.4 is 21.3 Å². The number of sulfone groups is 1. The van der Waals surface area contributed by atoms with Crippen LogP contribution in [0, 0.1) is 11.3 Å². The number of anilines is 1. The third-order valence-electron chi connectivity index (χ3n) is 6.80. The highest BCUT2D eigenvalue weighted by atomic mass is 32.2. The van der Waals surface area contributed by atoms with Crippen molar-refractivity contribution < 1.29 is 13.5 Å². The third kappa shape index (κ3) is 4.96. The second-order valence-electron chi connectivity index (χ2n) is 9.40. The minimum atomic E-state index is -4.23. The van der Waals surface area contributed by atoms with Crippen molar-refractivity contribution in [3.63, 3.8) is 0 Å². The molecule has 2 atom stereocenters. The molecule has 1 aromatic heterocycles. The Morgan fingerprint density at radius 3 is 1.95 bits per heavy atom. The van der Waals surface area contributed by atoms with Crippen LogP contribution in [0.5, 0.6) is 5.88 Å². The molecule has 0 spiro atoms. The van der Waals surface area contributed by atoms with Gasteiger partial charge in [0.1, 0.15) is 5.25 Å². The maximum atomic E-state index is 14.4. The second kappa shape index (κ2) is 10.6. The van der Waals surface area contributed by atoms with E-state index < -0.39 is 38.1 Å². The minimum Gasteiger partial charge on any atom is -0.860 e. The molecule has 3 aromatic carbocycles. The number of hydrogen-bond donors (Lipinski definition) is 0. The molecular weight excluding hydrogens is 516 g/mol. The average Bonchev–Trinajstić information content (AvgIpc) is 2.95. The molecule has 39 heavy (non-hydrogen) atoms. The zero-order chi connectivity index (χ0) is 28.5. The van der Waals surface area contributed by atoms with Crippen LogP contribution in [0.25, 0.3) is 0 Å². The van der Waals surface area contributed by atoms with Crippen molar-refractivity contribution in [3.05, 3.63) is 122 Å². The minimum absolute atomic E-state index is 0.00312. The Kier molecular flexibility index (Phi) is 7.47. The molecule has 200 valence electrons. The monoisotopic (exact) mass is 543 g/mol. The predicted molar refractivity (Wildman–Crippen MR) is 147 cm³/mol. The van der Waals surface area contributed by atoms with Crippen LogP contribution in [0.2, 0.25) is 0 Å². The van der Waals surface area contributed by atoms with Crippen molar-refractivity contribution in [2.75, 3.05) is 19.0 Å². The van der Waals surface area contributed by atoms with Gasteiger partial charge in [-0.3, -0.25) is 9.36 Å². The molecule has 0 fully saturated rings. The maximum Gasteiger partial charge on any atom is 0.329 e. The van der Waals surface area contributed by atoms with Gasteiger partial charge in [0.2, 0.25) is 0 Å².